The first-order valence-electron chi connectivity index (χ1n) is 3.88. The van der Waals surface area contributed by atoms with E-state index >= 15 is 0 Å². The van der Waals surface area contributed by atoms with Gasteiger partial charge in [0.2, 0.25) is 0 Å². The van der Waals surface area contributed by atoms with Gasteiger partial charge < -0.3 is 30.0 Å². The molecule has 0 spiro atoms. The van der Waals surface area contributed by atoms with Crippen LogP contribution in [0.1, 0.15) is 20.8 Å². The van der Waals surface area contributed by atoms with Crippen LogP contribution in [0.3, 0.4) is 0 Å². The van der Waals surface area contributed by atoms with Crippen LogP contribution in [-0.2, 0) is 0 Å². The Hall–Kier alpha value is 0.620. The summed E-state index contributed by atoms with van der Waals surface area (Å²) in [5.41, 5.74) is 0. The molecular formula is C6H18O6P2. The van der Waals surface area contributed by atoms with Crippen molar-refractivity contribution in [2.24, 2.45) is 0 Å². The van der Waals surface area contributed by atoms with Crippen LogP contribution in [0.25, 0.3) is 0 Å². The molecule has 0 aromatic rings. The van der Waals surface area contributed by atoms with Gasteiger partial charge in [0.15, 0.2) is 0 Å². The van der Waals surface area contributed by atoms with Crippen LogP contribution in [0.5, 0.6) is 0 Å². The van der Waals surface area contributed by atoms with Gasteiger partial charge in [-0.15, -0.1) is 0 Å². The molecule has 0 rings (SSSR count). The highest BCUT2D eigenvalue weighted by atomic mass is 31.2. The molecule has 6 nitrogen and oxygen atoms in total. The van der Waals surface area contributed by atoms with Crippen molar-refractivity contribution in [2.45, 2.75) is 38.3 Å². The highest BCUT2D eigenvalue weighted by Crippen LogP contribution is 2.47. The van der Waals surface area contributed by atoms with Crippen molar-refractivity contribution >= 4 is 16.5 Å². The Kier molecular flexibility index (Phi) is 10.8. The molecular weight excluding hydrogens is 230 g/mol. The number of aliphatic hydroxyl groups excluding tert-OH is 3. The lowest BCUT2D eigenvalue weighted by Gasteiger charge is -2.25. The maximum absolute atomic E-state index is 9.06. The molecule has 8 heteroatoms. The Morgan fingerprint density at radius 2 is 0.857 bits per heavy atom. The minimum absolute atomic E-state index is 0.602. The molecule has 0 aliphatic heterocycles. The molecule has 0 radical (unpaired) electrons. The molecule has 0 bridgehead atoms. The van der Waals surface area contributed by atoms with Gasteiger partial charge in [-0.05, 0) is 28.7 Å². The third-order valence-corrected chi connectivity index (χ3v) is 3.88. The molecule has 6 N–H and O–H groups in total. The van der Waals surface area contributed by atoms with Crippen LogP contribution in [0.15, 0.2) is 0 Å². The van der Waals surface area contributed by atoms with Crippen LogP contribution < -0.4 is 0 Å². The van der Waals surface area contributed by atoms with Crippen LogP contribution in [0, 0.1) is 0 Å². The quantitative estimate of drug-likeness (QED) is 0.380. The van der Waals surface area contributed by atoms with Crippen LogP contribution in [0.4, 0.5) is 0 Å². The smallest absolute Gasteiger partial charge is 0.324 e. The fraction of sp³-hybridized carbons (Fsp3) is 1.00. The van der Waals surface area contributed by atoms with Gasteiger partial charge in [-0.2, -0.15) is 0 Å². The Bertz CT molecular complexity index is 108. The second-order valence-electron chi connectivity index (χ2n) is 2.61. The average molecular weight is 248 g/mol. The van der Waals surface area contributed by atoms with Gasteiger partial charge in [0.05, 0.1) is 17.5 Å². The predicted molar refractivity (Wildman–Crippen MR) is 55.5 cm³/mol. The fourth-order valence-electron chi connectivity index (χ4n) is 0.937. The molecule has 3 atom stereocenters. The highest BCUT2D eigenvalue weighted by Gasteiger charge is 2.24. The second kappa shape index (κ2) is 8.89. The monoisotopic (exact) mass is 248 g/mol. The molecule has 0 fully saturated rings. The van der Waals surface area contributed by atoms with Crippen molar-refractivity contribution in [2.75, 3.05) is 0 Å². The molecule has 14 heavy (non-hydrogen) atoms. The highest BCUT2D eigenvalue weighted by molar-refractivity contribution is 7.59. The SMILES string of the molecule is CC(O)P(C(C)O)C(C)O.OP(O)O. The third kappa shape index (κ3) is 10.7. The van der Waals surface area contributed by atoms with Crippen LogP contribution in [-0.4, -0.2) is 47.5 Å². The Morgan fingerprint density at radius 3 is 0.857 bits per heavy atom. The largest absolute Gasteiger partial charge is 0.389 e. The second-order valence-corrected chi connectivity index (χ2v) is 6.28. The molecule has 0 heterocycles. The van der Waals surface area contributed by atoms with Gasteiger partial charge >= 0.3 is 8.60 Å². The lowest BCUT2D eigenvalue weighted by Crippen LogP contribution is -2.16. The summed E-state index contributed by atoms with van der Waals surface area (Å²) < 4.78 is 0. The van der Waals surface area contributed by atoms with Gasteiger partial charge in [-0.3, -0.25) is 0 Å². The Balaban J connectivity index is 0. The zero-order valence-corrected chi connectivity index (χ0v) is 10.1. The average Bonchev–Trinajstić information content (AvgIpc) is 1.80. The van der Waals surface area contributed by atoms with Gasteiger partial charge in [0.1, 0.15) is 0 Å². The van der Waals surface area contributed by atoms with Gasteiger partial charge in [-0.1, -0.05) is 0 Å². The summed E-state index contributed by atoms with van der Waals surface area (Å²) in [5, 5.41) is 27.2. The van der Waals surface area contributed by atoms with E-state index in [1.807, 2.05) is 0 Å². The van der Waals surface area contributed by atoms with E-state index in [1.165, 1.54) is 0 Å². The third-order valence-electron chi connectivity index (χ3n) is 1.29. The van der Waals surface area contributed by atoms with Gasteiger partial charge in [0, 0.05) is 0 Å². The van der Waals surface area contributed by atoms with Crippen LogP contribution >= 0.6 is 16.5 Å². The van der Waals surface area contributed by atoms with Crippen LogP contribution in [0.2, 0.25) is 0 Å². The van der Waals surface area contributed by atoms with E-state index in [9.17, 15) is 0 Å². The van der Waals surface area contributed by atoms with E-state index in [-0.39, 0.29) is 0 Å². The maximum Gasteiger partial charge on any atom is 0.324 e. The van der Waals surface area contributed by atoms with Crippen molar-refractivity contribution in [1.82, 2.24) is 0 Å². The normalized spacial score (nSPS) is 19.3. The molecule has 0 amide bonds. The van der Waals surface area contributed by atoms with E-state index in [0.29, 0.717) is 0 Å². The lowest BCUT2D eigenvalue weighted by molar-refractivity contribution is 0.214. The first-order valence-corrected chi connectivity index (χ1v) is 6.63. The topological polar surface area (TPSA) is 121 Å². The molecule has 88 valence electrons. The lowest BCUT2D eigenvalue weighted by atomic mass is 10.8. The number of aliphatic hydroxyl groups is 3. The zero-order chi connectivity index (χ0) is 11.9. The predicted octanol–water partition coefficient (Wildman–Crippen LogP) is -0.327. The fourth-order valence-corrected chi connectivity index (χ4v) is 2.81. The molecule has 0 aliphatic carbocycles. The van der Waals surface area contributed by atoms with E-state index in [4.69, 9.17) is 30.0 Å². The molecule has 0 saturated heterocycles. The summed E-state index contributed by atoms with van der Waals surface area (Å²) in [5.74, 6) is -1.81. The standard InChI is InChI=1S/C6H15O3P.H3O3P/c1-4(7)10(5(2)8)6(3)9;1-4(2)3/h4-9H,1-3H3;1-3H. The van der Waals surface area contributed by atoms with Crippen molar-refractivity contribution in [3.05, 3.63) is 0 Å². The maximum atomic E-state index is 9.06. The summed E-state index contributed by atoms with van der Waals surface area (Å²) in [6.45, 7) is 4.77. The Morgan fingerprint density at radius 1 is 0.714 bits per heavy atom. The minimum atomic E-state index is -2.62. The summed E-state index contributed by atoms with van der Waals surface area (Å²) in [7, 11) is -3.69. The first kappa shape index (κ1) is 17.0. The number of hydrogen-bond donors (Lipinski definition) is 6. The molecule has 0 saturated carbocycles. The van der Waals surface area contributed by atoms with Gasteiger partial charge in [-0.25, -0.2) is 0 Å². The molecule has 0 aromatic heterocycles. The molecule has 0 aromatic carbocycles. The van der Waals surface area contributed by atoms with Crippen molar-refractivity contribution in [3.8, 4) is 0 Å². The van der Waals surface area contributed by atoms with E-state index in [1.54, 1.807) is 20.8 Å². The van der Waals surface area contributed by atoms with E-state index < -0.39 is 34.1 Å². The van der Waals surface area contributed by atoms with E-state index in [2.05, 4.69) is 0 Å². The van der Waals surface area contributed by atoms with Crippen molar-refractivity contribution in [3.63, 3.8) is 0 Å². The first-order chi connectivity index (χ1) is 6.20. The van der Waals surface area contributed by atoms with Crippen molar-refractivity contribution < 1.29 is 30.0 Å². The summed E-state index contributed by atoms with van der Waals surface area (Å²) in [6.07, 6.45) is 0. The summed E-state index contributed by atoms with van der Waals surface area (Å²) in [6, 6.07) is 0. The summed E-state index contributed by atoms with van der Waals surface area (Å²) >= 11 is 0. The van der Waals surface area contributed by atoms with E-state index in [0.717, 1.165) is 0 Å². The number of hydrogen-bond acceptors (Lipinski definition) is 6. The van der Waals surface area contributed by atoms with Crippen molar-refractivity contribution in [1.29, 1.82) is 0 Å². The summed E-state index contributed by atoms with van der Waals surface area (Å²) in [4.78, 5) is 21.7. The minimum Gasteiger partial charge on any atom is -0.389 e. The van der Waals surface area contributed by atoms with Gasteiger partial charge in [0.25, 0.3) is 0 Å². The zero-order valence-electron chi connectivity index (χ0n) is 8.31. The number of rotatable bonds is 3. The Labute approximate surface area is 85.6 Å². The molecule has 3 unspecified atom stereocenters. The molecule has 0 aliphatic rings.